The molecule has 2 N–H and O–H groups in total. The SMILES string of the molecule is Cc1cc(Cl)ccc1OCCCC(=O)NNC(=O)C(CC(C)C)N1C(=O)C2CC=CCC2C1=O. The molecular formula is C25H32ClN3O5. The molecule has 184 valence electrons. The van der Waals surface area contributed by atoms with Crippen molar-refractivity contribution in [1.82, 2.24) is 15.8 Å². The lowest BCUT2D eigenvalue weighted by atomic mass is 9.85. The van der Waals surface area contributed by atoms with Crippen LogP contribution in [0.2, 0.25) is 5.02 Å². The van der Waals surface area contributed by atoms with Crippen molar-refractivity contribution in [2.75, 3.05) is 6.61 Å². The van der Waals surface area contributed by atoms with Crippen molar-refractivity contribution >= 4 is 35.2 Å². The lowest BCUT2D eigenvalue weighted by Crippen LogP contribution is -2.54. The van der Waals surface area contributed by atoms with Crippen molar-refractivity contribution in [2.24, 2.45) is 17.8 Å². The summed E-state index contributed by atoms with van der Waals surface area (Å²) in [6.07, 6.45) is 5.74. The normalized spacial score (nSPS) is 20.3. The van der Waals surface area contributed by atoms with Crippen molar-refractivity contribution in [2.45, 2.75) is 58.9 Å². The molecule has 8 nitrogen and oxygen atoms in total. The number of amides is 4. The molecule has 0 aromatic heterocycles. The first kappa shape index (κ1) is 25.7. The number of fused-ring (bicyclic) bond motifs is 1. The number of hydrazine groups is 1. The van der Waals surface area contributed by atoms with E-state index in [1.807, 2.05) is 32.9 Å². The Bertz CT molecular complexity index is 951. The Kier molecular flexibility index (Phi) is 8.72. The van der Waals surface area contributed by atoms with Gasteiger partial charge in [-0.1, -0.05) is 37.6 Å². The zero-order valence-electron chi connectivity index (χ0n) is 19.8. The molecule has 34 heavy (non-hydrogen) atoms. The van der Waals surface area contributed by atoms with E-state index in [9.17, 15) is 19.2 Å². The minimum Gasteiger partial charge on any atom is -0.493 e. The molecule has 3 atom stereocenters. The molecule has 1 saturated heterocycles. The van der Waals surface area contributed by atoms with Gasteiger partial charge in [-0.15, -0.1) is 0 Å². The number of imide groups is 1. The van der Waals surface area contributed by atoms with Crippen LogP contribution in [-0.4, -0.2) is 41.2 Å². The smallest absolute Gasteiger partial charge is 0.261 e. The summed E-state index contributed by atoms with van der Waals surface area (Å²) in [4.78, 5) is 52.1. The molecule has 3 unspecified atom stereocenters. The number of allylic oxidation sites excluding steroid dienone is 2. The molecule has 1 aliphatic heterocycles. The highest BCUT2D eigenvalue weighted by atomic mass is 35.5. The van der Waals surface area contributed by atoms with E-state index >= 15 is 0 Å². The maximum atomic E-state index is 12.9. The highest BCUT2D eigenvalue weighted by molar-refractivity contribution is 6.30. The number of halogens is 1. The first-order valence-corrected chi connectivity index (χ1v) is 12.1. The van der Waals surface area contributed by atoms with Gasteiger partial charge in [-0.3, -0.25) is 34.9 Å². The van der Waals surface area contributed by atoms with Crippen molar-refractivity contribution in [3.8, 4) is 5.75 Å². The average Bonchev–Trinajstić information content (AvgIpc) is 3.04. The number of likely N-dealkylation sites (tertiary alicyclic amines) is 1. The fourth-order valence-corrected chi connectivity index (χ4v) is 4.60. The third-order valence-electron chi connectivity index (χ3n) is 6.12. The van der Waals surface area contributed by atoms with Gasteiger partial charge in [0.2, 0.25) is 17.7 Å². The molecule has 0 bridgehead atoms. The van der Waals surface area contributed by atoms with Gasteiger partial charge in [0.1, 0.15) is 11.8 Å². The summed E-state index contributed by atoms with van der Waals surface area (Å²) in [6, 6.07) is 4.36. The number of nitrogens with zero attached hydrogens (tertiary/aromatic N) is 1. The van der Waals surface area contributed by atoms with E-state index in [4.69, 9.17) is 16.3 Å². The summed E-state index contributed by atoms with van der Waals surface area (Å²) in [5.74, 6) is -1.60. The van der Waals surface area contributed by atoms with Crippen molar-refractivity contribution in [3.05, 3.63) is 40.9 Å². The van der Waals surface area contributed by atoms with Gasteiger partial charge in [0.25, 0.3) is 5.91 Å². The molecule has 1 fully saturated rings. The molecule has 1 aromatic rings. The molecule has 9 heteroatoms. The highest BCUT2D eigenvalue weighted by Gasteiger charge is 2.51. The number of nitrogens with one attached hydrogen (secondary N) is 2. The van der Waals surface area contributed by atoms with Crippen molar-refractivity contribution in [3.63, 3.8) is 0 Å². The lowest BCUT2D eigenvalue weighted by molar-refractivity contribution is -0.149. The number of rotatable bonds is 9. The Balaban J connectivity index is 1.50. The van der Waals surface area contributed by atoms with Crippen LogP contribution < -0.4 is 15.6 Å². The number of carbonyl (C=O) groups is 4. The molecule has 0 spiro atoms. The Morgan fingerprint density at radius 2 is 1.76 bits per heavy atom. The van der Waals surface area contributed by atoms with Gasteiger partial charge in [-0.2, -0.15) is 0 Å². The van der Waals surface area contributed by atoms with Gasteiger partial charge in [0.05, 0.1) is 18.4 Å². The fourth-order valence-electron chi connectivity index (χ4n) is 4.38. The maximum Gasteiger partial charge on any atom is 0.261 e. The monoisotopic (exact) mass is 489 g/mol. The second kappa shape index (κ2) is 11.5. The number of ether oxygens (including phenoxy) is 1. The minimum absolute atomic E-state index is 0.0706. The van der Waals surface area contributed by atoms with E-state index in [0.29, 0.717) is 43.1 Å². The van der Waals surface area contributed by atoms with E-state index < -0.39 is 23.8 Å². The second-order valence-corrected chi connectivity index (χ2v) is 9.68. The van der Waals surface area contributed by atoms with Gasteiger partial charge in [-0.05, 0) is 62.3 Å². The summed E-state index contributed by atoms with van der Waals surface area (Å²) in [6.45, 7) is 6.05. The first-order valence-electron chi connectivity index (χ1n) is 11.7. The van der Waals surface area contributed by atoms with Crippen LogP contribution in [-0.2, 0) is 19.2 Å². The van der Waals surface area contributed by atoms with E-state index in [-0.39, 0.29) is 30.1 Å². The maximum absolute atomic E-state index is 12.9. The van der Waals surface area contributed by atoms with Gasteiger partial charge < -0.3 is 4.74 Å². The fraction of sp³-hybridized carbons (Fsp3) is 0.520. The van der Waals surface area contributed by atoms with E-state index in [1.165, 1.54) is 0 Å². The van der Waals surface area contributed by atoms with Crippen LogP contribution in [0.3, 0.4) is 0 Å². The third kappa shape index (κ3) is 6.17. The molecular weight excluding hydrogens is 458 g/mol. The zero-order valence-corrected chi connectivity index (χ0v) is 20.6. The molecule has 1 heterocycles. The molecule has 0 saturated carbocycles. The summed E-state index contributed by atoms with van der Waals surface area (Å²) < 4.78 is 5.67. The molecule has 1 aliphatic carbocycles. The van der Waals surface area contributed by atoms with Gasteiger partial charge in [0, 0.05) is 11.4 Å². The Morgan fingerprint density at radius 1 is 1.12 bits per heavy atom. The number of carbonyl (C=O) groups excluding carboxylic acids is 4. The van der Waals surface area contributed by atoms with Gasteiger partial charge in [0.15, 0.2) is 0 Å². The van der Waals surface area contributed by atoms with Gasteiger partial charge >= 0.3 is 0 Å². The molecule has 0 radical (unpaired) electrons. The van der Waals surface area contributed by atoms with Crippen LogP contribution in [0.15, 0.2) is 30.4 Å². The van der Waals surface area contributed by atoms with Crippen LogP contribution in [0.5, 0.6) is 5.75 Å². The zero-order chi connectivity index (χ0) is 24.8. The van der Waals surface area contributed by atoms with E-state index in [1.54, 1.807) is 18.2 Å². The van der Waals surface area contributed by atoms with Crippen LogP contribution in [0, 0.1) is 24.7 Å². The quantitative estimate of drug-likeness (QED) is 0.239. The second-order valence-electron chi connectivity index (χ2n) is 9.25. The Labute approximate surface area is 205 Å². The highest BCUT2D eigenvalue weighted by Crippen LogP contribution is 2.37. The Hall–Kier alpha value is -2.87. The predicted octanol–water partition coefficient (Wildman–Crippen LogP) is 3.32. The summed E-state index contributed by atoms with van der Waals surface area (Å²) in [5.41, 5.74) is 5.71. The van der Waals surface area contributed by atoms with Crippen molar-refractivity contribution in [1.29, 1.82) is 0 Å². The first-order chi connectivity index (χ1) is 16.2. The van der Waals surface area contributed by atoms with Crippen molar-refractivity contribution < 1.29 is 23.9 Å². The van der Waals surface area contributed by atoms with E-state index in [0.717, 1.165) is 10.5 Å². The third-order valence-corrected chi connectivity index (χ3v) is 6.35. The molecule has 3 rings (SSSR count). The number of hydrogen-bond donors (Lipinski definition) is 2. The van der Waals surface area contributed by atoms with E-state index in [2.05, 4.69) is 10.9 Å². The summed E-state index contributed by atoms with van der Waals surface area (Å²) in [5, 5.41) is 0.628. The minimum atomic E-state index is -0.956. The standard InChI is InChI=1S/C25H32ClN3O5/c1-15(2)13-20(29-24(32)18-7-4-5-8-19(18)25(29)33)23(31)28-27-22(30)9-6-12-34-21-11-10-17(26)14-16(21)3/h4-5,10-11,14-15,18-20H,6-9,12-13H2,1-3H3,(H,27,30)(H,28,31). The summed E-state index contributed by atoms with van der Waals surface area (Å²) in [7, 11) is 0. The summed E-state index contributed by atoms with van der Waals surface area (Å²) >= 11 is 5.93. The molecule has 2 aliphatic rings. The number of hydrogen-bond acceptors (Lipinski definition) is 5. The lowest BCUT2D eigenvalue weighted by Gasteiger charge is -2.27. The molecule has 4 amide bonds. The molecule has 1 aromatic carbocycles. The average molecular weight is 490 g/mol. The topological polar surface area (TPSA) is 105 Å². The Morgan fingerprint density at radius 3 is 2.35 bits per heavy atom. The predicted molar refractivity (Wildman–Crippen MR) is 128 cm³/mol. The number of benzene rings is 1. The largest absolute Gasteiger partial charge is 0.493 e. The van der Waals surface area contributed by atoms with Gasteiger partial charge in [-0.25, -0.2) is 0 Å². The van der Waals surface area contributed by atoms with Crippen LogP contribution >= 0.6 is 11.6 Å². The van der Waals surface area contributed by atoms with Crippen LogP contribution in [0.25, 0.3) is 0 Å². The number of aryl methyl sites for hydroxylation is 1. The van der Waals surface area contributed by atoms with Crippen LogP contribution in [0.4, 0.5) is 0 Å². The van der Waals surface area contributed by atoms with Crippen LogP contribution in [0.1, 0.15) is 51.5 Å².